The number of aryl methyl sites for hydroxylation is 2. The highest BCUT2D eigenvalue weighted by molar-refractivity contribution is 6.05. The van der Waals surface area contributed by atoms with E-state index in [2.05, 4.69) is 15.3 Å². The second-order valence-corrected chi connectivity index (χ2v) is 5.48. The molecule has 0 bridgehead atoms. The molecule has 1 unspecified atom stereocenters. The Morgan fingerprint density at radius 3 is 2.48 bits per heavy atom. The van der Waals surface area contributed by atoms with Gasteiger partial charge in [-0.25, -0.2) is 19.2 Å². The normalized spacial score (nSPS) is 13.6. The lowest BCUT2D eigenvalue weighted by Gasteiger charge is -2.18. The fourth-order valence-electron chi connectivity index (χ4n) is 1.89. The summed E-state index contributed by atoms with van der Waals surface area (Å²) in [5.41, 5.74) is -0.558. The Morgan fingerprint density at radius 1 is 1.26 bits per heavy atom. The van der Waals surface area contributed by atoms with E-state index in [9.17, 15) is 19.1 Å². The van der Waals surface area contributed by atoms with Gasteiger partial charge in [0.05, 0.1) is 29.0 Å². The molecule has 0 saturated heterocycles. The van der Waals surface area contributed by atoms with Gasteiger partial charge >= 0.3 is 5.97 Å². The molecule has 0 radical (unpaired) electrons. The molecule has 0 aliphatic carbocycles. The van der Waals surface area contributed by atoms with E-state index in [-0.39, 0.29) is 16.6 Å². The highest BCUT2D eigenvalue weighted by atomic mass is 19.1. The molecule has 1 aromatic heterocycles. The number of fused-ring (bicyclic) bond motifs is 1. The van der Waals surface area contributed by atoms with Crippen molar-refractivity contribution in [1.82, 2.24) is 15.3 Å². The van der Waals surface area contributed by atoms with Crippen LogP contribution < -0.4 is 5.32 Å². The molecule has 0 aliphatic rings. The first kappa shape index (κ1) is 16.8. The zero-order chi connectivity index (χ0) is 17.4. The fourth-order valence-corrected chi connectivity index (χ4v) is 1.89. The maximum Gasteiger partial charge on any atom is 0.337 e. The summed E-state index contributed by atoms with van der Waals surface area (Å²) in [7, 11) is 0. The molecule has 0 aliphatic heterocycles. The molecule has 0 saturated carbocycles. The summed E-state index contributed by atoms with van der Waals surface area (Å²) >= 11 is 0. The molecule has 1 heterocycles. The molecule has 0 fully saturated rings. The number of amides is 1. The lowest BCUT2D eigenvalue weighted by atomic mass is 10.1. The number of carbonyl (C=O) groups excluding carboxylic acids is 1. The van der Waals surface area contributed by atoms with E-state index in [0.717, 1.165) is 13.0 Å². The van der Waals surface area contributed by atoms with Gasteiger partial charge in [0.2, 0.25) is 0 Å². The van der Waals surface area contributed by atoms with Crippen LogP contribution in [0.3, 0.4) is 0 Å². The van der Waals surface area contributed by atoms with Crippen molar-refractivity contribution in [2.45, 2.75) is 26.4 Å². The number of carboxylic acid groups (broad SMARTS) is 1. The Bertz CT molecular complexity index is 805. The zero-order valence-electron chi connectivity index (χ0n) is 12.8. The maximum absolute atomic E-state index is 13.7. The highest BCUT2D eigenvalue weighted by Crippen LogP contribution is 2.19. The van der Waals surface area contributed by atoms with Crippen LogP contribution in [0.1, 0.15) is 28.7 Å². The largest absolute Gasteiger partial charge is 0.479 e. The van der Waals surface area contributed by atoms with Gasteiger partial charge in [-0.1, -0.05) is 0 Å². The quantitative estimate of drug-likeness (QED) is 0.773. The van der Waals surface area contributed by atoms with E-state index in [4.69, 9.17) is 5.11 Å². The number of halogens is 1. The van der Waals surface area contributed by atoms with Gasteiger partial charge in [0, 0.05) is 6.07 Å². The molecule has 0 spiro atoms. The minimum absolute atomic E-state index is 0.0724. The van der Waals surface area contributed by atoms with Crippen molar-refractivity contribution >= 4 is 22.9 Å². The van der Waals surface area contributed by atoms with Crippen LogP contribution in [-0.4, -0.2) is 44.2 Å². The second kappa shape index (κ2) is 5.88. The first-order chi connectivity index (χ1) is 10.6. The predicted octanol–water partition coefficient (Wildman–Crippen LogP) is 0.951. The minimum Gasteiger partial charge on any atom is -0.479 e. The molecule has 3 N–H and O–H groups in total. The average molecular weight is 321 g/mol. The topological polar surface area (TPSA) is 112 Å². The van der Waals surface area contributed by atoms with E-state index < -0.39 is 29.8 Å². The number of nitrogens with one attached hydrogen (secondary N) is 1. The van der Waals surface area contributed by atoms with E-state index in [1.54, 1.807) is 13.8 Å². The Morgan fingerprint density at radius 2 is 1.87 bits per heavy atom. The first-order valence-corrected chi connectivity index (χ1v) is 6.80. The molecule has 7 nitrogen and oxygen atoms in total. The Balaban J connectivity index is 2.40. The third-order valence-corrected chi connectivity index (χ3v) is 3.44. The zero-order valence-corrected chi connectivity index (χ0v) is 12.8. The number of benzene rings is 1. The summed E-state index contributed by atoms with van der Waals surface area (Å²) in [5.74, 6) is -2.88. The molecule has 1 atom stereocenters. The lowest BCUT2D eigenvalue weighted by Crippen LogP contribution is -2.46. The molecular formula is C15H16FN3O4. The average Bonchev–Trinajstić information content (AvgIpc) is 2.45. The molecule has 1 aromatic carbocycles. The number of rotatable bonds is 4. The fraction of sp³-hybridized carbons (Fsp3) is 0.333. The van der Waals surface area contributed by atoms with E-state index in [1.165, 1.54) is 6.07 Å². The van der Waals surface area contributed by atoms with Crippen LogP contribution in [-0.2, 0) is 4.79 Å². The Hall–Kier alpha value is -2.61. The first-order valence-electron chi connectivity index (χ1n) is 6.80. The van der Waals surface area contributed by atoms with Gasteiger partial charge < -0.3 is 15.5 Å². The number of aromatic nitrogens is 2. The van der Waals surface area contributed by atoms with Crippen molar-refractivity contribution in [2.24, 2.45) is 0 Å². The van der Waals surface area contributed by atoms with E-state index in [1.807, 2.05) is 0 Å². The van der Waals surface area contributed by atoms with Crippen molar-refractivity contribution < 1.29 is 24.2 Å². The number of carboxylic acids is 1. The smallest absolute Gasteiger partial charge is 0.337 e. The maximum atomic E-state index is 13.7. The third-order valence-electron chi connectivity index (χ3n) is 3.44. The number of hydrogen-bond acceptors (Lipinski definition) is 5. The number of aliphatic carboxylic acids is 1. The van der Waals surface area contributed by atoms with Gasteiger partial charge in [0.25, 0.3) is 5.91 Å². The van der Waals surface area contributed by atoms with Crippen LogP contribution in [0, 0.1) is 19.7 Å². The van der Waals surface area contributed by atoms with Crippen molar-refractivity contribution in [1.29, 1.82) is 0 Å². The Labute approximate surface area is 131 Å². The summed E-state index contributed by atoms with van der Waals surface area (Å²) in [6.07, 6.45) is 0. The van der Waals surface area contributed by atoms with Crippen LogP contribution in [0.4, 0.5) is 4.39 Å². The molecule has 1 amide bonds. The van der Waals surface area contributed by atoms with Crippen LogP contribution in [0.25, 0.3) is 11.0 Å². The molecular weight excluding hydrogens is 305 g/mol. The number of nitrogens with zero attached hydrogens (tertiary/aromatic N) is 2. The highest BCUT2D eigenvalue weighted by Gasteiger charge is 2.30. The van der Waals surface area contributed by atoms with E-state index >= 15 is 0 Å². The summed E-state index contributed by atoms with van der Waals surface area (Å²) in [6.45, 7) is 3.95. The third kappa shape index (κ3) is 3.42. The lowest BCUT2D eigenvalue weighted by molar-refractivity contribution is -0.155. The number of hydrogen-bond donors (Lipinski definition) is 3. The van der Waals surface area contributed by atoms with Gasteiger partial charge in [-0.15, -0.1) is 0 Å². The second-order valence-electron chi connectivity index (χ2n) is 5.48. The van der Waals surface area contributed by atoms with Gasteiger partial charge in [-0.3, -0.25) is 4.79 Å². The van der Waals surface area contributed by atoms with Crippen molar-refractivity contribution in [3.8, 4) is 0 Å². The van der Waals surface area contributed by atoms with Crippen LogP contribution in [0.5, 0.6) is 0 Å². The van der Waals surface area contributed by atoms with Gasteiger partial charge in [0.1, 0.15) is 11.3 Å². The van der Waals surface area contributed by atoms with Crippen molar-refractivity contribution in [3.63, 3.8) is 0 Å². The van der Waals surface area contributed by atoms with Crippen LogP contribution in [0.2, 0.25) is 0 Å². The summed E-state index contributed by atoms with van der Waals surface area (Å²) in [6, 6.07) is 2.16. The minimum atomic E-state index is -2.13. The van der Waals surface area contributed by atoms with Crippen molar-refractivity contribution in [2.75, 3.05) is 6.54 Å². The number of aliphatic hydroxyl groups is 1. The molecule has 2 rings (SSSR count). The van der Waals surface area contributed by atoms with Gasteiger partial charge in [0.15, 0.2) is 5.60 Å². The molecule has 122 valence electrons. The van der Waals surface area contributed by atoms with E-state index in [0.29, 0.717) is 11.4 Å². The molecule has 23 heavy (non-hydrogen) atoms. The van der Waals surface area contributed by atoms with Gasteiger partial charge in [-0.05, 0) is 26.8 Å². The van der Waals surface area contributed by atoms with Crippen LogP contribution in [0.15, 0.2) is 12.1 Å². The SMILES string of the molecule is Cc1nc2cc(F)cc(C(=O)NCC(C)(O)C(=O)O)c2nc1C. The van der Waals surface area contributed by atoms with Gasteiger partial charge in [-0.2, -0.15) is 0 Å². The predicted molar refractivity (Wildman–Crippen MR) is 79.6 cm³/mol. The van der Waals surface area contributed by atoms with Crippen molar-refractivity contribution in [3.05, 3.63) is 34.9 Å². The standard InChI is InChI=1S/C15H16FN3O4/c1-7-8(2)19-12-10(4-9(16)5-11(12)18-7)13(20)17-6-15(3,23)14(21)22/h4-5,23H,6H2,1-3H3,(H,17,20)(H,21,22). The molecule has 2 aromatic rings. The van der Waals surface area contributed by atoms with Crippen LogP contribution >= 0.6 is 0 Å². The number of carbonyl (C=O) groups is 2. The summed E-state index contributed by atoms with van der Waals surface area (Å²) in [5, 5.41) is 20.7. The summed E-state index contributed by atoms with van der Waals surface area (Å²) in [4.78, 5) is 31.5. The molecule has 8 heteroatoms. The summed E-state index contributed by atoms with van der Waals surface area (Å²) < 4.78 is 13.7. The Kier molecular flexibility index (Phi) is 4.28. The monoisotopic (exact) mass is 321 g/mol.